The molecule has 1 unspecified atom stereocenters. The smallest absolute Gasteiger partial charge is 0.462 e. The number of carbonyl (C=O) groups excluding carboxylic acids is 3. The molecule has 13 heteroatoms. The maximum Gasteiger partial charge on any atom is 0.472 e. The lowest BCUT2D eigenvalue weighted by molar-refractivity contribution is -0.161. The number of rotatable bonds is 43. The monoisotopic (exact) mass is 846 g/mol. The van der Waals surface area contributed by atoms with E-state index in [0.717, 1.165) is 70.6 Å². The molecule has 0 aliphatic carbocycles. The van der Waals surface area contributed by atoms with Crippen LogP contribution in [0, 0.1) is 0 Å². The van der Waals surface area contributed by atoms with Crippen molar-refractivity contribution in [3.05, 3.63) is 24.3 Å². The van der Waals surface area contributed by atoms with Gasteiger partial charge in [-0.1, -0.05) is 141 Å². The van der Waals surface area contributed by atoms with Crippen molar-refractivity contribution in [1.29, 1.82) is 0 Å². The summed E-state index contributed by atoms with van der Waals surface area (Å²) in [5.41, 5.74) is 0. The van der Waals surface area contributed by atoms with Crippen molar-refractivity contribution in [1.82, 2.24) is 5.32 Å². The second kappa shape index (κ2) is 42.9. The highest BCUT2D eigenvalue weighted by atomic mass is 31.2. The van der Waals surface area contributed by atoms with Gasteiger partial charge in [0.15, 0.2) is 6.10 Å². The molecule has 0 spiro atoms. The highest BCUT2D eigenvalue weighted by Gasteiger charge is 2.26. The van der Waals surface area contributed by atoms with Gasteiger partial charge in [0, 0.05) is 26.5 Å². The number of amides is 1. The summed E-state index contributed by atoms with van der Waals surface area (Å²) >= 11 is 0. The van der Waals surface area contributed by atoms with Gasteiger partial charge in [0.05, 0.1) is 19.8 Å². The number of hydrogen-bond acceptors (Lipinski definition) is 10. The minimum absolute atomic E-state index is 0.0597. The third-order valence-corrected chi connectivity index (χ3v) is 10.6. The number of phosphoric acid groups is 1. The van der Waals surface area contributed by atoms with Gasteiger partial charge in [0.1, 0.15) is 13.2 Å². The van der Waals surface area contributed by atoms with Gasteiger partial charge in [-0.25, -0.2) is 9.36 Å². The van der Waals surface area contributed by atoms with Gasteiger partial charge in [-0.2, -0.15) is 0 Å². The van der Waals surface area contributed by atoms with Crippen LogP contribution in [0.1, 0.15) is 194 Å². The normalized spacial score (nSPS) is 13.2. The number of esters is 2. The van der Waals surface area contributed by atoms with Crippen LogP contribution in [0.25, 0.3) is 0 Å². The van der Waals surface area contributed by atoms with Gasteiger partial charge in [0.25, 0.3) is 0 Å². The molecule has 1 amide bonds. The molecule has 340 valence electrons. The van der Waals surface area contributed by atoms with E-state index < -0.39 is 38.6 Å². The maximum absolute atomic E-state index is 12.7. The fraction of sp³-hybridized carbons (Fsp3) is 0.844. The zero-order valence-corrected chi connectivity index (χ0v) is 37.8. The molecule has 2 atom stereocenters. The Kier molecular flexibility index (Phi) is 41.2. The van der Waals surface area contributed by atoms with Crippen LogP contribution in [-0.2, 0) is 42.1 Å². The predicted octanol–water partition coefficient (Wildman–Crippen LogP) is 12.0. The number of ether oxygens (including phenoxy) is 4. The number of carbonyl (C=O) groups is 3. The van der Waals surface area contributed by atoms with E-state index >= 15 is 0 Å². The fourth-order valence-corrected chi connectivity index (χ4v) is 6.85. The fourth-order valence-electron chi connectivity index (χ4n) is 6.10. The van der Waals surface area contributed by atoms with E-state index in [0.29, 0.717) is 12.8 Å². The van der Waals surface area contributed by atoms with Gasteiger partial charge in [0.2, 0.25) is 0 Å². The lowest BCUT2D eigenvalue weighted by atomic mass is 10.1. The molecule has 0 fully saturated rings. The Bertz CT molecular complexity index is 1070. The lowest BCUT2D eigenvalue weighted by Crippen LogP contribution is -2.30. The Balaban J connectivity index is 4.50. The minimum Gasteiger partial charge on any atom is -0.462 e. The Morgan fingerprint density at radius 2 is 1.00 bits per heavy atom. The van der Waals surface area contributed by atoms with Crippen molar-refractivity contribution < 1.29 is 51.8 Å². The van der Waals surface area contributed by atoms with Crippen molar-refractivity contribution in [2.45, 2.75) is 200 Å². The third kappa shape index (κ3) is 41.9. The summed E-state index contributed by atoms with van der Waals surface area (Å²) in [5, 5.41) is 2.38. The Hall–Kier alpha value is -2.24. The molecule has 0 rings (SSSR count). The van der Waals surface area contributed by atoms with Crippen LogP contribution in [0.2, 0.25) is 0 Å². The Morgan fingerprint density at radius 1 is 0.552 bits per heavy atom. The van der Waals surface area contributed by atoms with E-state index in [1.165, 1.54) is 90.6 Å². The van der Waals surface area contributed by atoms with Crippen LogP contribution in [0.15, 0.2) is 24.3 Å². The van der Waals surface area contributed by atoms with Crippen LogP contribution in [0.3, 0.4) is 0 Å². The van der Waals surface area contributed by atoms with Crippen LogP contribution in [0.5, 0.6) is 0 Å². The molecule has 0 aliphatic rings. The predicted molar refractivity (Wildman–Crippen MR) is 233 cm³/mol. The summed E-state index contributed by atoms with van der Waals surface area (Å²) in [5.74, 6) is -0.924. The van der Waals surface area contributed by atoms with Gasteiger partial charge >= 0.3 is 25.9 Å². The van der Waals surface area contributed by atoms with Crippen molar-refractivity contribution in [2.75, 3.05) is 46.7 Å². The summed E-state index contributed by atoms with van der Waals surface area (Å²) in [6.07, 6.45) is 37.7. The van der Waals surface area contributed by atoms with Crippen molar-refractivity contribution in [2.24, 2.45) is 0 Å². The minimum atomic E-state index is -4.58. The quantitative estimate of drug-likeness (QED) is 0.0198. The number of phosphoric ester groups is 1. The zero-order chi connectivity index (χ0) is 42.6. The van der Waals surface area contributed by atoms with Crippen molar-refractivity contribution in [3.8, 4) is 0 Å². The Morgan fingerprint density at radius 3 is 1.48 bits per heavy atom. The van der Waals surface area contributed by atoms with Gasteiger partial charge < -0.3 is 29.2 Å². The summed E-state index contributed by atoms with van der Waals surface area (Å²) in [4.78, 5) is 47.0. The maximum atomic E-state index is 12.7. The van der Waals surface area contributed by atoms with Crippen molar-refractivity contribution in [3.63, 3.8) is 0 Å². The number of methoxy groups -OCH3 is 1. The molecule has 0 bridgehead atoms. The lowest BCUT2D eigenvalue weighted by Gasteiger charge is -2.20. The van der Waals surface area contributed by atoms with Crippen molar-refractivity contribution >= 4 is 25.9 Å². The first-order valence-corrected chi connectivity index (χ1v) is 24.4. The number of nitrogens with one attached hydrogen (secondary N) is 1. The molecular weight excluding hydrogens is 761 g/mol. The first kappa shape index (κ1) is 55.8. The molecule has 0 radical (unpaired) electrons. The Labute approximate surface area is 352 Å². The van der Waals surface area contributed by atoms with E-state index in [4.69, 9.17) is 28.0 Å². The van der Waals surface area contributed by atoms with Gasteiger partial charge in [-0.15, -0.1) is 0 Å². The largest absolute Gasteiger partial charge is 0.472 e. The SMILES string of the molecule is CCCCCCCCC=CCCCCCCCC(=O)OC[C@H](COP(=O)(O)OCCNC(=O)OCCOC)OC(=O)CCCCCCCC=CCCCCCCCC. The topological polar surface area (TPSA) is 156 Å². The summed E-state index contributed by atoms with van der Waals surface area (Å²) in [6.45, 7) is 3.51. The second-order valence-electron chi connectivity index (χ2n) is 15.1. The molecule has 58 heavy (non-hydrogen) atoms. The highest BCUT2D eigenvalue weighted by Crippen LogP contribution is 2.43. The highest BCUT2D eigenvalue weighted by molar-refractivity contribution is 7.47. The van der Waals surface area contributed by atoms with E-state index in [-0.39, 0.29) is 45.8 Å². The van der Waals surface area contributed by atoms with Crippen LogP contribution in [0.4, 0.5) is 4.79 Å². The van der Waals surface area contributed by atoms with Crippen LogP contribution >= 0.6 is 7.82 Å². The molecule has 0 saturated carbocycles. The van der Waals surface area contributed by atoms with Crippen LogP contribution < -0.4 is 5.32 Å². The molecule has 0 heterocycles. The summed E-state index contributed by atoms with van der Waals surface area (Å²) in [6, 6.07) is 0. The number of allylic oxidation sites excluding steroid dienone is 4. The zero-order valence-electron chi connectivity index (χ0n) is 36.9. The first-order chi connectivity index (χ1) is 28.2. The average molecular weight is 846 g/mol. The van der Waals surface area contributed by atoms with E-state index in [1.54, 1.807) is 0 Å². The molecule has 2 N–H and O–H groups in total. The first-order valence-electron chi connectivity index (χ1n) is 22.9. The molecule has 0 aromatic heterocycles. The van der Waals surface area contributed by atoms with Gasteiger partial charge in [-0.05, 0) is 64.2 Å². The molecule has 0 aromatic carbocycles. The van der Waals surface area contributed by atoms with Crippen LogP contribution in [-0.4, -0.2) is 75.7 Å². The molecule has 0 aliphatic heterocycles. The van der Waals surface area contributed by atoms with E-state index in [2.05, 4.69) is 43.5 Å². The van der Waals surface area contributed by atoms with E-state index in [9.17, 15) is 23.8 Å². The standard InChI is InChI=1S/C45H84NO11P/c1-4-6-8-10-12-14-16-18-20-22-24-26-28-30-32-34-43(47)54-40-42(41-56-58(50,51)55-37-36-46-45(49)53-39-38-52-3)57-44(48)35-33-31-29-27-25-23-21-19-17-15-13-11-9-7-5-2/h18-21,42H,4-17,22-41H2,1-3H3,(H,46,49)(H,50,51)/t42-/m1/s1. The summed E-state index contributed by atoms with van der Waals surface area (Å²) in [7, 11) is -3.10. The third-order valence-electron chi connectivity index (χ3n) is 9.58. The number of alkyl carbamates (subject to hydrolysis) is 1. The number of unbranched alkanes of at least 4 members (excludes halogenated alkanes) is 22. The molecule has 12 nitrogen and oxygen atoms in total. The molecule has 0 aromatic rings. The van der Waals surface area contributed by atoms with Gasteiger partial charge in [-0.3, -0.25) is 18.6 Å². The summed E-state index contributed by atoms with van der Waals surface area (Å²) < 4.78 is 43.1. The molecular formula is C45H84NO11P. The second-order valence-corrected chi connectivity index (χ2v) is 16.6. The van der Waals surface area contributed by atoms with E-state index in [1.807, 2.05) is 0 Å². The number of hydrogen-bond donors (Lipinski definition) is 2. The average Bonchev–Trinajstić information content (AvgIpc) is 3.20. The molecule has 0 saturated heterocycles.